The van der Waals surface area contributed by atoms with Crippen LogP contribution in [0.15, 0.2) is 29.8 Å². The van der Waals surface area contributed by atoms with Gasteiger partial charge in [0, 0.05) is 24.1 Å². The van der Waals surface area contributed by atoms with Crippen LogP contribution in [-0.2, 0) is 17.1 Å². The second-order valence-electron chi connectivity index (χ2n) is 9.21. The third kappa shape index (κ3) is 6.84. The maximum absolute atomic E-state index is 13.0. The van der Waals surface area contributed by atoms with Gasteiger partial charge in [0.15, 0.2) is 5.78 Å². The van der Waals surface area contributed by atoms with Gasteiger partial charge in [-0.1, -0.05) is 18.4 Å². The van der Waals surface area contributed by atoms with Crippen LogP contribution in [0, 0.1) is 11.8 Å². The third-order valence-corrected chi connectivity index (χ3v) is 6.68. The van der Waals surface area contributed by atoms with Gasteiger partial charge >= 0.3 is 12.4 Å². The van der Waals surface area contributed by atoms with Crippen LogP contribution in [0.3, 0.4) is 0 Å². The quantitative estimate of drug-likeness (QED) is 0.414. The molecule has 4 nitrogen and oxygen atoms in total. The first-order valence-corrected chi connectivity index (χ1v) is 11.4. The summed E-state index contributed by atoms with van der Waals surface area (Å²) in [5.74, 6) is -1.06. The topological polar surface area (TPSA) is 72.2 Å². The van der Waals surface area contributed by atoms with Crippen molar-refractivity contribution in [2.45, 2.75) is 69.8 Å². The Bertz CT molecular complexity index is 896. The molecule has 2 atom stereocenters. The number of ketones is 1. The number of carbonyl (C=O) groups excluding carboxylic acids is 2. The molecule has 2 aliphatic rings. The van der Waals surface area contributed by atoms with Crippen molar-refractivity contribution in [1.82, 2.24) is 5.32 Å². The predicted molar refractivity (Wildman–Crippen MR) is 114 cm³/mol. The monoisotopic (exact) mass is 490 g/mol. The maximum Gasteiger partial charge on any atom is 0.416 e. The molecular weight excluding hydrogens is 462 g/mol. The van der Waals surface area contributed by atoms with Crippen molar-refractivity contribution in [1.29, 1.82) is 0 Å². The van der Waals surface area contributed by atoms with Crippen LogP contribution in [0.4, 0.5) is 26.3 Å². The summed E-state index contributed by atoms with van der Waals surface area (Å²) in [6.07, 6.45) is -2.06. The third-order valence-electron chi connectivity index (χ3n) is 6.68. The number of amides is 1. The Hall–Kier alpha value is -2.36. The molecule has 1 amide bonds. The van der Waals surface area contributed by atoms with E-state index in [2.05, 4.69) is 5.32 Å². The summed E-state index contributed by atoms with van der Waals surface area (Å²) < 4.78 is 78.0. The molecule has 2 fully saturated rings. The first-order chi connectivity index (χ1) is 15.8. The van der Waals surface area contributed by atoms with Gasteiger partial charge in [-0.3, -0.25) is 9.59 Å². The van der Waals surface area contributed by atoms with Crippen molar-refractivity contribution >= 4 is 11.7 Å². The molecule has 0 saturated heterocycles. The van der Waals surface area contributed by atoms with Gasteiger partial charge in [-0.05, 0) is 68.7 Å². The molecule has 0 aliphatic heterocycles. The molecule has 3 N–H and O–H groups in total. The fourth-order valence-electron chi connectivity index (χ4n) is 4.64. The van der Waals surface area contributed by atoms with Gasteiger partial charge in [-0.15, -0.1) is 0 Å². The lowest BCUT2D eigenvalue weighted by Crippen LogP contribution is -2.37. The summed E-state index contributed by atoms with van der Waals surface area (Å²) in [7, 11) is 0. The Balaban J connectivity index is 1.57. The van der Waals surface area contributed by atoms with Crippen molar-refractivity contribution in [2.24, 2.45) is 17.6 Å². The number of halogens is 6. The lowest BCUT2D eigenvalue weighted by atomic mass is 9.80. The van der Waals surface area contributed by atoms with E-state index in [1.807, 2.05) is 0 Å². The standard InChI is InChI=1S/C24H28F6N2O2/c25-23(26,27)17-10-16(11-18(12-17)24(28,29)30)22(34)32-13-15-7-5-14(6-8-15)9-21(33)19-3-1-2-4-20(19)31/h9-12,15,19-20H,1-8,13,31H2,(H,32,34). The molecule has 1 aromatic carbocycles. The lowest BCUT2D eigenvalue weighted by molar-refractivity contribution is -0.143. The maximum atomic E-state index is 13.0. The van der Waals surface area contributed by atoms with Crippen molar-refractivity contribution in [3.05, 3.63) is 46.5 Å². The number of alkyl halides is 6. The SMILES string of the molecule is NC1CCCCC1C(=O)C=C1CCC(CNC(=O)c2cc(C(F)(F)F)cc(C(F)(F)F)c2)CC1. The van der Waals surface area contributed by atoms with Gasteiger partial charge in [0.2, 0.25) is 0 Å². The van der Waals surface area contributed by atoms with Crippen LogP contribution in [0.2, 0.25) is 0 Å². The summed E-state index contributed by atoms with van der Waals surface area (Å²) in [5.41, 5.74) is 3.35. The van der Waals surface area contributed by atoms with Crippen LogP contribution >= 0.6 is 0 Å². The Morgan fingerprint density at radius 1 is 0.912 bits per heavy atom. The number of hydrogen-bond donors (Lipinski definition) is 2. The highest BCUT2D eigenvalue weighted by atomic mass is 19.4. The fraction of sp³-hybridized carbons (Fsp3) is 0.583. The van der Waals surface area contributed by atoms with Gasteiger partial charge < -0.3 is 11.1 Å². The average Bonchev–Trinajstić information content (AvgIpc) is 2.77. The van der Waals surface area contributed by atoms with E-state index in [0.29, 0.717) is 37.8 Å². The zero-order valence-electron chi connectivity index (χ0n) is 18.6. The van der Waals surface area contributed by atoms with Gasteiger partial charge in [0.25, 0.3) is 5.91 Å². The Labute approximate surface area is 194 Å². The zero-order valence-corrected chi connectivity index (χ0v) is 18.6. The number of rotatable bonds is 5. The molecule has 0 radical (unpaired) electrons. The molecule has 2 saturated carbocycles. The van der Waals surface area contributed by atoms with E-state index in [4.69, 9.17) is 5.73 Å². The molecule has 188 valence electrons. The van der Waals surface area contributed by atoms with E-state index in [1.54, 1.807) is 6.08 Å². The number of benzene rings is 1. The molecule has 10 heteroatoms. The van der Waals surface area contributed by atoms with Crippen molar-refractivity contribution in [3.8, 4) is 0 Å². The average molecular weight is 490 g/mol. The molecule has 0 heterocycles. The summed E-state index contributed by atoms with van der Waals surface area (Å²) in [5, 5.41) is 2.46. The van der Waals surface area contributed by atoms with Gasteiger partial charge in [-0.25, -0.2) is 0 Å². The Morgan fingerprint density at radius 3 is 2.00 bits per heavy atom. The van der Waals surface area contributed by atoms with E-state index in [1.165, 1.54) is 0 Å². The molecule has 0 aromatic heterocycles. The summed E-state index contributed by atoms with van der Waals surface area (Å²) in [6.45, 7) is 0.130. The molecular formula is C24H28F6N2O2. The lowest BCUT2D eigenvalue weighted by Gasteiger charge is -2.28. The molecule has 0 bridgehead atoms. The van der Waals surface area contributed by atoms with Gasteiger partial charge in [0.1, 0.15) is 0 Å². The summed E-state index contributed by atoms with van der Waals surface area (Å²) in [6, 6.07) is 0.730. The molecule has 1 aromatic rings. The molecule has 2 unspecified atom stereocenters. The predicted octanol–water partition coefficient (Wildman–Crippen LogP) is 5.66. The van der Waals surface area contributed by atoms with E-state index < -0.39 is 35.0 Å². The highest BCUT2D eigenvalue weighted by Crippen LogP contribution is 2.36. The first-order valence-electron chi connectivity index (χ1n) is 11.4. The minimum atomic E-state index is -5.01. The normalized spacial score (nSPS) is 24.0. The van der Waals surface area contributed by atoms with Crippen LogP contribution in [-0.4, -0.2) is 24.3 Å². The number of allylic oxidation sites excluding steroid dienone is 2. The van der Waals surface area contributed by atoms with E-state index in [0.717, 1.165) is 31.3 Å². The van der Waals surface area contributed by atoms with Crippen molar-refractivity contribution in [3.63, 3.8) is 0 Å². The van der Waals surface area contributed by atoms with Gasteiger partial charge in [0.05, 0.1) is 11.1 Å². The largest absolute Gasteiger partial charge is 0.416 e. The van der Waals surface area contributed by atoms with Crippen LogP contribution < -0.4 is 11.1 Å². The van der Waals surface area contributed by atoms with Gasteiger partial charge in [-0.2, -0.15) is 26.3 Å². The molecule has 34 heavy (non-hydrogen) atoms. The highest BCUT2D eigenvalue weighted by Gasteiger charge is 2.37. The smallest absolute Gasteiger partial charge is 0.352 e. The van der Waals surface area contributed by atoms with E-state index in [-0.39, 0.29) is 36.3 Å². The number of nitrogens with one attached hydrogen (secondary N) is 1. The minimum Gasteiger partial charge on any atom is -0.352 e. The van der Waals surface area contributed by atoms with Crippen molar-refractivity contribution < 1.29 is 35.9 Å². The van der Waals surface area contributed by atoms with E-state index >= 15 is 0 Å². The first kappa shape index (κ1) is 26.2. The second-order valence-corrected chi connectivity index (χ2v) is 9.21. The Kier molecular flexibility index (Phi) is 8.10. The zero-order chi connectivity index (χ0) is 25.1. The summed E-state index contributed by atoms with van der Waals surface area (Å²) >= 11 is 0. The highest BCUT2D eigenvalue weighted by molar-refractivity contribution is 5.94. The van der Waals surface area contributed by atoms with Crippen LogP contribution in [0.25, 0.3) is 0 Å². The number of hydrogen-bond acceptors (Lipinski definition) is 3. The minimum absolute atomic E-state index is 0.00668. The second kappa shape index (κ2) is 10.5. The number of nitrogens with two attached hydrogens (primary N) is 1. The molecule has 2 aliphatic carbocycles. The fourth-order valence-corrected chi connectivity index (χ4v) is 4.64. The molecule has 0 spiro atoms. The van der Waals surface area contributed by atoms with Crippen molar-refractivity contribution in [2.75, 3.05) is 6.54 Å². The number of carbonyl (C=O) groups is 2. The Morgan fingerprint density at radius 2 is 1.47 bits per heavy atom. The van der Waals surface area contributed by atoms with Crippen LogP contribution in [0.5, 0.6) is 0 Å². The molecule has 3 rings (SSSR count). The van der Waals surface area contributed by atoms with Crippen LogP contribution in [0.1, 0.15) is 72.9 Å². The van der Waals surface area contributed by atoms with E-state index in [9.17, 15) is 35.9 Å². The summed E-state index contributed by atoms with van der Waals surface area (Å²) in [4.78, 5) is 24.9.